The van der Waals surface area contributed by atoms with Gasteiger partial charge in [0, 0.05) is 10.7 Å². The topological polar surface area (TPSA) is 43.4 Å². The van der Waals surface area contributed by atoms with Crippen LogP contribution in [0.25, 0.3) is 0 Å². The van der Waals surface area contributed by atoms with Crippen LogP contribution >= 0.6 is 10.7 Å². The normalized spacial score (nSPS) is 16.9. The summed E-state index contributed by atoms with van der Waals surface area (Å²) in [7, 11) is 1.73. The summed E-state index contributed by atoms with van der Waals surface area (Å²) >= 11 is 0. The van der Waals surface area contributed by atoms with Gasteiger partial charge in [-0.25, -0.2) is 8.42 Å². The first-order valence-corrected chi connectivity index (χ1v) is 9.44. The van der Waals surface area contributed by atoms with Gasteiger partial charge in [0.15, 0.2) is 0 Å². The number of benzene rings is 1. The van der Waals surface area contributed by atoms with Gasteiger partial charge in [-0.1, -0.05) is 26.7 Å². The Bertz CT molecular complexity index is 564. The van der Waals surface area contributed by atoms with Crippen molar-refractivity contribution in [2.45, 2.75) is 50.3 Å². The molecule has 0 aromatic heterocycles. The molecule has 1 aromatic rings. The maximum Gasteiger partial charge on any atom is 0.261 e. The highest BCUT2D eigenvalue weighted by Crippen LogP contribution is 2.34. The first kappa shape index (κ1) is 15.6. The molecule has 20 heavy (non-hydrogen) atoms. The molecule has 0 amide bonds. The minimum absolute atomic E-state index is 0.143. The Morgan fingerprint density at radius 2 is 2.10 bits per heavy atom. The first-order chi connectivity index (χ1) is 9.41. The Balaban J connectivity index is 2.19. The number of hydrogen-bond donors (Lipinski definition) is 0. The highest BCUT2D eigenvalue weighted by molar-refractivity contribution is 8.13. The van der Waals surface area contributed by atoms with Gasteiger partial charge in [0.2, 0.25) is 0 Å². The molecule has 1 unspecified atom stereocenters. The Morgan fingerprint density at radius 1 is 1.40 bits per heavy atom. The van der Waals surface area contributed by atoms with E-state index >= 15 is 0 Å². The van der Waals surface area contributed by atoms with Gasteiger partial charge in [-0.3, -0.25) is 0 Å². The van der Waals surface area contributed by atoms with Crippen LogP contribution in [-0.4, -0.2) is 15.0 Å². The standard InChI is InChI=1S/C15H21ClO3S/c1-3-11(2)14-10-13(20(16,17)18)6-7-15(14)19-9-8-12-4-5-12/h6-7,10-12H,3-5,8-9H2,1-2H3. The van der Waals surface area contributed by atoms with Crippen molar-refractivity contribution < 1.29 is 13.2 Å². The zero-order valence-electron chi connectivity index (χ0n) is 11.9. The average molecular weight is 317 g/mol. The van der Waals surface area contributed by atoms with Crippen LogP contribution in [0.4, 0.5) is 0 Å². The fraction of sp³-hybridized carbons (Fsp3) is 0.600. The SMILES string of the molecule is CCC(C)c1cc(S(=O)(=O)Cl)ccc1OCCC1CC1. The van der Waals surface area contributed by atoms with Crippen LogP contribution in [0, 0.1) is 5.92 Å². The molecule has 0 saturated heterocycles. The molecule has 0 N–H and O–H groups in total. The van der Waals surface area contributed by atoms with E-state index < -0.39 is 9.05 Å². The lowest BCUT2D eigenvalue weighted by Gasteiger charge is -2.16. The van der Waals surface area contributed by atoms with E-state index in [1.165, 1.54) is 18.9 Å². The van der Waals surface area contributed by atoms with Crippen LogP contribution < -0.4 is 4.74 Å². The van der Waals surface area contributed by atoms with E-state index in [4.69, 9.17) is 15.4 Å². The lowest BCUT2D eigenvalue weighted by atomic mass is 9.98. The maximum atomic E-state index is 11.4. The van der Waals surface area contributed by atoms with Crippen molar-refractivity contribution in [1.29, 1.82) is 0 Å². The Labute approximate surface area is 125 Å². The van der Waals surface area contributed by atoms with Crippen LogP contribution in [0.15, 0.2) is 23.1 Å². The molecule has 3 nitrogen and oxygen atoms in total. The summed E-state index contributed by atoms with van der Waals surface area (Å²) < 4.78 is 28.7. The van der Waals surface area contributed by atoms with E-state index in [9.17, 15) is 8.42 Å². The molecular weight excluding hydrogens is 296 g/mol. The van der Waals surface area contributed by atoms with Gasteiger partial charge in [-0.2, -0.15) is 0 Å². The molecule has 2 rings (SSSR count). The third-order valence-corrected chi connectivity index (χ3v) is 5.24. The highest BCUT2D eigenvalue weighted by Gasteiger charge is 2.21. The molecule has 0 bridgehead atoms. The summed E-state index contributed by atoms with van der Waals surface area (Å²) in [5.41, 5.74) is 0.921. The van der Waals surface area contributed by atoms with Crippen molar-refractivity contribution in [3.63, 3.8) is 0 Å². The van der Waals surface area contributed by atoms with E-state index in [0.29, 0.717) is 6.61 Å². The smallest absolute Gasteiger partial charge is 0.261 e. The maximum absolute atomic E-state index is 11.4. The third-order valence-electron chi connectivity index (χ3n) is 3.89. The molecule has 0 spiro atoms. The van der Waals surface area contributed by atoms with E-state index in [1.54, 1.807) is 12.1 Å². The van der Waals surface area contributed by atoms with Gasteiger partial charge in [0.05, 0.1) is 11.5 Å². The molecule has 1 fully saturated rings. The van der Waals surface area contributed by atoms with E-state index in [0.717, 1.165) is 30.1 Å². The van der Waals surface area contributed by atoms with Crippen molar-refractivity contribution in [2.24, 2.45) is 5.92 Å². The average Bonchev–Trinajstić information content (AvgIpc) is 3.21. The fourth-order valence-electron chi connectivity index (χ4n) is 2.16. The van der Waals surface area contributed by atoms with Crippen LogP contribution in [-0.2, 0) is 9.05 Å². The number of ether oxygens (including phenoxy) is 1. The van der Waals surface area contributed by atoms with Crippen molar-refractivity contribution in [3.05, 3.63) is 23.8 Å². The summed E-state index contributed by atoms with van der Waals surface area (Å²) in [4.78, 5) is 0.143. The molecule has 5 heteroatoms. The van der Waals surface area contributed by atoms with Crippen molar-refractivity contribution in [1.82, 2.24) is 0 Å². The predicted molar refractivity (Wildman–Crippen MR) is 81.0 cm³/mol. The van der Waals surface area contributed by atoms with Gasteiger partial charge in [-0.05, 0) is 48.4 Å². The largest absolute Gasteiger partial charge is 0.493 e. The summed E-state index contributed by atoms with van der Waals surface area (Å²) in [6.07, 6.45) is 4.62. The number of hydrogen-bond acceptors (Lipinski definition) is 3. The molecule has 1 saturated carbocycles. The Kier molecular flexibility index (Phi) is 4.97. The van der Waals surface area contributed by atoms with Crippen molar-refractivity contribution in [3.8, 4) is 5.75 Å². The quantitative estimate of drug-likeness (QED) is 0.704. The van der Waals surface area contributed by atoms with Crippen LogP contribution in [0.1, 0.15) is 51.0 Å². The number of rotatable bonds is 7. The fourth-order valence-corrected chi connectivity index (χ4v) is 2.94. The Hall–Kier alpha value is -0.740. The Morgan fingerprint density at radius 3 is 2.65 bits per heavy atom. The molecule has 0 radical (unpaired) electrons. The van der Waals surface area contributed by atoms with Crippen LogP contribution in [0.2, 0.25) is 0 Å². The van der Waals surface area contributed by atoms with Gasteiger partial charge in [0.25, 0.3) is 9.05 Å². The minimum atomic E-state index is -3.69. The second-order valence-electron chi connectivity index (χ2n) is 5.53. The van der Waals surface area contributed by atoms with E-state index in [-0.39, 0.29) is 10.8 Å². The predicted octanol–water partition coefficient (Wildman–Crippen LogP) is 4.31. The lowest BCUT2D eigenvalue weighted by Crippen LogP contribution is -2.04. The molecular formula is C15H21ClO3S. The second-order valence-corrected chi connectivity index (χ2v) is 8.09. The highest BCUT2D eigenvalue weighted by atomic mass is 35.7. The molecule has 1 aliphatic carbocycles. The van der Waals surface area contributed by atoms with Crippen molar-refractivity contribution >= 4 is 19.7 Å². The second kappa shape index (κ2) is 6.35. The molecule has 1 atom stereocenters. The van der Waals surface area contributed by atoms with Crippen molar-refractivity contribution in [2.75, 3.05) is 6.61 Å². The van der Waals surface area contributed by atoms with Gasteiger partial charge >= 0.3 is 0 Å². The van der Waals surface area contributed by atoms with Gasteiger partial charge in [0.1, 0.15) is 5.75 Å². The summed E-state index contributed by atoms with van der Waals surface area (Å²) in [6.45, 7) is 4.83. The molecule has 0 heterocycles. The molecule has 0 aliphatic heterocycles. The first-order valence-electron chi connectivity index (χ1n) is 7.13. The summed E-state index contributed by atoms with van der Waals surface area (Å²) in [5, 5.41) is 0. The minimum Gasteiger partial charge on any atom is -0.493 e. The van der Waals surface area contributed by atoms with E-state index in [1.807, 2.05) is 0 Å². The summed E-state index contributed by atoms with van der Waals surface area (Å²) in [5.74, 6) is 1.85. The lowest BCUT2D eigenvalue weighted by molar-refractivity contribution is 0.297. The van der Waals surface area contributed by atoms with Gasteiger partial charge in [-0.15, -0.1) is 0 Å². The zero-order valence-corrected chi connectivity index (χ0v) is 13.5. The van der Waals surface area contributed by atoms with Gasteiger partial charge < -0.3 is 4.74 Å². The zero-order chi connectivity index (χ0) is 14.8. The summed E-state index contributed by atoms with van der Waals surface area (Å²) in [6, 6.07) is 4.88. The monoisotopic (exact) mass is 316 g/mol. The van der Waals surface area contributed by atoms with Crippen LogP contribution in [0.5, 0.6) is 5.75 Å². The van der Waals surface area contributed by atoms with Crippen LogP contribution in [0.3, 0.4) is 0 Å². The third kappa shape index (κ3) is 4.13. The van der Waals surface area contributed by atoms with E-state index in [2.05, 4.69) is 13.8 Å². The molecule has 1 aromatic carbocycles. The molecule has 112 valence electrons. The number of halogens is 1. The molecule has 1 aliphatic rings.